The van der Waals surface area contributed by atoms with Gasteiger partial charge >= 0.3 is 11.9 Å². The molecular formula is C29H30N2O8S. The van der Waals surface area contributed by atoms with Crippen LogP contribution in [0.1, 0.15) is 24.0 Å². The number of thioether (sulfide) groups is 1. The molecule has 3 aliphatic heterocycles. The number of benzene rings is 2. The van der Waals surface area contributed by atoms with Gasteiger partial charge in [-0.25, -0.2) is 9.59 Å². The van der Waals surface area contributed by atoms with Crippen LogP contribution in [0, 0.1) is 0 Å². The second kappa shape index (κ2) is 12.1. The molecule has 11 heteroatoms. The van der Waals surface area contributed by atoms with Crippen LogP contribution in [0.15, 0.2) is 65.9 Å². The van der Waals surface area contributed by atoms with Crippen molar-refractivity contribution < 1.29 is 38.1 Å². The Morgan fingerprint density at radius 3 is 2.48 bits per heavy atom. The van der Waals surface area contributed by atoms with Gasteiger partial charge in [0, 0.05) is 5.75 Å². The minimum atomic E-state index is -0.764. The number of hydrogen-bond acceptors (Lipinski definition) is 9. The fraction of sp³-hybridized carbons (Fsp3) is 0.379. The number of nitrogens with one attached hydrogen (secondary N) is 1. The first-order valence-electron chi connectivity index (χ1n) is 12.9. The topological polar surface area (TPSA) is 120 Å². The van der Waals surface area contributed by atoms with E-state index in [1.54, 1.807) is 31.4 Å². The number of esters is 2. The normalized spacial score (nSPS) is 23.6. The number of ether oxygens (including phenoxy) is 4. The van der Waals surface area contributed by atoms with E-state index in [1.165, 1.54) is 23.8 Å². The van der Waals surface area contributed by atoms with Gasteiger partial charge in [0.1, 0.15) is 29.5 Å². The van der Waals surface area contributed by atoms with Gasteiger partial charge < -0.3 is 24.3 Å². The van der Waals surface area contributed by atoms with Gasteiger partial charge in [0.25, 0.3) is 5.91 Å². The van der Waals surface area contributed by atoms with E-state index in [4.69, 9.17) is 18.9 Å². The molecule has 0 radical (unpaired) electrons. The molecule has 210 valence electrons. The number of nitrogens with zero attached hydrogens (tertiary/aromatic N) is 1. The van der Waals surface area contributed by atoms with Crippen molar-refractivity contribution in [2.24, 2.45) is 0 Å². The molecule has 1 N–H and O–H groups in total. The number of rotatable bonds is 9. The molecule has 2 aromatic rings. The highest BCUT2D eigenvalue weighted by atomic mass is 32.2. The maximum absolute atomic E-state index is 13.5. The summed E-state index contributed by atoms with van der Waals surface area (Å²) in [6, 6.07) is 15.6. The van der Waals surface area contributed by atoms with Crippen molar-refractivity contribution in [3.8, 4) is 5.75 Å². The Morgan fingerprint density at radius 2 is 1.77 bits per heavy atom. The van der Waals surface area contributed by atoms with Gasteiger partial charge in [-0.3, -0.25) is 14.5 Å². The van der Waals surface area contributed by atoms with Gasteiger partial charge in [-0.15, -0.1) is 11.8 Å². The summed E-state index contributed by atoms with van der Waals surface area (Å²) in [6.07, 6.45) is -0.200. The smallest absolute Gasteiger partial charge is 0.355 e. The molecule has 10 nitrogen and oxygen atoms in total. The van der Waals surface area contributed by atoms with Crippen molar-refractivity contribution in [1.29, 1.82) is 0 Å². The Morgan fingerprint density at radius 1 is 1.02 bits per heavy atom. The summed E-state index contributed by atoms with van der Waals surface area (Å²) in [4.78, 5) is 53.0. The highest BCUT2D eigenvalue weighted by Gasteiger charge is 2.55. The summed E-state index contributed by atoms with van der Waals surface area (Å²) >= 11 is 1.44. The largest absolute Gasteiger partial charge is 0.497 e. The van der Waals surface area contributed by atoms with E-state index in [9.17, 15) is 19.2 Å². The standard InChI is InChI=1S/C29H30N2O8S/c1-36-19-10-8-18(9-11-19)15-38-29(35)25-20(21-12-13-22(39-21)28(34)37-2)16-40-27-24(26(33)31(25)27)30-23(32)14-17-6-4-3-5-7-17/h3-11,21-22,24,27H,12-16H2,1-2H3,(H,30,32)/t21?,22?,24-,27-/m1/s1. The lowest BCUT2D eigenvalue weighted by Gasteiger charge is -2.50. The number of fused-ring (bicyclic) bond motifs is 1. The van der Waals surface area contributed by atoms with Gasteiger partial charge in [0.05, 0.1) is 26.7 Å². The van der Waals surface area contributed by atoms with Crippen LogP contribution in [0.2, 0.25) is 0 Å². The zero-order valence-electron chi connectivity index (χ0n) is 22.2. The van der Waals surface area contributed by atoms with Crippen LogP contribution in [0.25, 0.3) is 0 Å². The molecule has 2 unspecified atom stereocenters. The third-order valence-corrected chi connectivity index (χ3v) is 8.42. The number of carbonyl (C=O) groups is 4. The maximum Gasteiger partial charge on any atom is 0.355 e. The Hall–Kier alpha value is -3.83. The average molecular weight is 567 g/mol. The van der Waals surface area contributed by atoms with Crippen LogP contribution in [0.5, 0.6) is 5.75 Å². The third kappa shape index (κ3) is 5.71. The molecule has 0 spiro atoms. The number of β-lactam (4-membered cyclic amide) rings is 1. The Kier molecular flexibility index (Phi) is 8.41. The van der Waals surface area contributed by atoms with Gasteiger partial charge in [-0.1, -0.05) is 42.5 Å². The van der Waals surface area contributed by atoms with Crippen LogP contribution in [0.3, 0.4) is 0 Å². The van der Waals surface area contributed by atoms with Crippen molar-refractivity contribution in [2.75, 3.05) is 20.0 Å². The van der Waals surface area contributed by atoms with E-state index in [2.05, 4.69) is 5.32 Å². The van der Waals surface area contributed by atoms with Gasteiger partial charge in [0.15, 0.2) is 6.10 Å². The second-order valence-electron chi connectivity index (χ2n) is 9.63. The molecule has 40 heavy (non-hydrogen) atoms. The summed E-state index contributed by atoms with van der Waals surface area (Å²) in [7, 11) is 2.87. The van der Waals surface area contributed by atoms with Crippen molar-refractivity contribution in [3.05, 3.63) is 77.0 Å². The lowest BCUT2D eigenvalue weighted by molar-refractivity contribution is -0.154. The lowest BCUT2D eigenvalue weighted by Crippen LogP contribution is -2.71. The number of hydrogen-bond donors (Lipinski definition) is 1. The van der Waals surface area contributed by atoms with Crippen LogP contribution in [0.4, 0.5) is 0 Å². The number of methoxy groups -OCH3 is 2. The monoisotopic (exact) mass is 566 g/mol. The molecule has 4 atom stereocenters. The van der Waals surface area contributed by atoms with Crippen LogP contribution in [-0.4, -0.2) is 72.2 Å². The third-order valence-electron chi connectivity index (χ3n) is 7.12. The highest BCUT2D eigenvalue weighted by Crippen LogP contribution is 2.44. The highest BCUT2D eigenvalue weighted by molar-refractivity contribution is 8.00. The van der Waals surface area contributed by atoms with Crippen LogP contribution < -0.4 is 10.1 Å². The minimum Gasteiger partial charge on any atom is -0.497 e. The average Bonchev–Trinajstić information content (AvgIpc) is 3.48. The fourth-order valence-corrected chi connectivity index (χ4v) is 6.43. The molecule has 0 aliphatic carbocycles. The molecule has 2 amide bonds. The molecule has 3 aliphatic rings. The van der Waals surface area contributed by atoms with E-state index < -0.39 is 41.5 Å². The SMILES string of the molecule is COC(=O)C1CCC(C2=C(C(=O)OCc3ccc(OC)cc3)N3C(=O)[C@@H](NC(=O)Cc4ccccc4)[C@H]3SC2)O1. The molecule has 2 aromatic carbocycles. The molecule has 2 saturated heterocycles. The van der Waals surface area contributed by atoms with Crippen LogP contribution >= 0.6 is 11.8 Å². The minimum absolute atomic E-state index is 0.00695. The van der Waals surface area contributed by atoms with Crippen LogP contribution in [-0.2, 0) is 46.4 Å². The first kappa shape index (κ1) is 27.7. The zero-order chi connectivity index (χ0) is 28.2. The zero-order valence-corrected chi connectivity index (χ0v) is 23.0. The Bertz CT molecular complexity index is 1310. The van der Waals surface area contributed by atoms with Crippen molar-refractivity contribution in [3.63, 3.8) is 0 Å². The molecule has 0 saturated carbocycles. The van der Waals surface area contributed by atoms with Gasteiger partial charge in [-0.05, 0) is 41.7 Å². The summed E-state index contributed by atoms with van der Waals surface area (Å²) in [5.41, 5.74) is 2.30. The second-order valence-corrected chi connectivity index (χ2v) is 10.7. The van der Waals surface area contributed by atoms with Crippen molar-refractivity contribution >= 4 is 35.5 Å². The summed E-state index contributed by atoms with van der Waals surface area (Å²) < 4.78 is 21.6. The van der Waals surface area contributed by atoms with E-state index in [1.807, 2.05) is 30.3 Å². The predicted molar refractivity (Wildman–Crippen MR) is 145 cm³/mol. The molecule has 3 heterocycles. The predicted octanol–water partition coefficient (Wildman–Crippen LogP) is 2.36. The van der Waals surface area contributed by atoms with Crippen molar-refractivity contribution in [1.82, 2.24) is 10.2 Å². The molecular weight excluding hydrogens is 536 g/mol. The number of carbonyl (C=O) groups excluding carboxylic acids is 4. The van der Waals surface area contributed by atoms with Gasteiger partial charge in [-0.2, -0.15) is 0 Å². The maximum atomic E-state index is 13.5. The van der Waals surface area contributed by atoms with Crippen molar-refractivity contribution in [2.45, 2.75) is 49.5 Å². The van der Waals surface area contributed by atoms with E-state index in [-0.39, 0.29) is 24.6 Å². The fourth-order valence-electron chi connectivity index (χ4n) is 5.02. The molecule has 0 aromatic heterocycles. The van der Waals surface area contributed by atoms with E-state index >= 15 is 0 Å². The molecule has 0 bridgehead atoms. The Balaban J connectivity index is 1.33. The summed E-state index contributed by atoms with van der Waals surface area (Å²) in [5.74, 6) is -0.751. The van der Waals surface area contributed by atoms with E-state index in [0.29, 0.717) is 29.9 Å². The number of amides is 2. The summed E-state index contributed by atoms with van der Waals surface area (Å²) in [5, 5.41) is 2.37. The first-order chi connectivity index (χ1) is 19.4. The molecule has 5 rings (SSSR count). The quantitative estimate of drug-likeness (QED) is 0.360. The Labute approximate surface area is 236 Å². The molecule has 2 fully saturated rings. The summed E-state index contributed by atoms with van der Waals surface area (Å²) in [6.45, 7) is -0.00695. The van der Waals surface area contributed by atoms with E-state index in [0.717, 1.165) is 11.1 Å². The first-order valence-corrected chi connectivity index (χ1v) is 14.0. The lowest BCUT2D eigenvalue weighted by atomic mass is 9.98. The van der Waals surface area contributed by atoms with Gasteiger partial charge in [0.2, 0.25) is 5.91 Å².